The van der Waals surface area contributed by atoms with Gasteiger partial charge < -0.3 is 4.90 Å². The number of sulfonamides is 1. The van der Waals surface area contributed by atoms with Crippen LogP contribution in [0.5, 0.6) is 0 Å². The molecule has 0 aromatic carbocycles. The lowest BCUT2D eigenvalue weighted by Gasteiger charge is -2.39. The topological polar surface area (TPSA) is 80.5 Å². The highest BCUT2D eigenvalue weighted by Gasteiger charge is 2.42. The normalized spacial score (nSPS) is 38.2. The first-order chi connectivity index (χ1) is 8.30. The summed E-state index contributed by atoms with van der Waals surface area (Å²) in [6.07, 6.45) is 3.34. The molecule has 1 aliphatic carbocycles. The summed E-state index contributed by atoms with van der Waals surface area (Å²) in [5.74, 6) is 0.965. The second-order valence-electron chi connectivity index (χ2n) is 5.80. The lowest BCUT2D eigenvalue weighted by atomic mass is 9.77. The van der Waals surface area contributed by atoms with Crippen LogP contribution in [0.25, 0.3) is 0 Å². The molecular weight excluding hydrogens is 252 g/mol. The van der Waals surface area contributed by atoms with Crippen LogP contribution in [0.1, 0.15) is 39.5 Å². The van der Waals surface area contributed by atoms with Crippen molar-refractivity contribution in [3.63, 3.8) is 0 Å². The second-order valence-corrected chi connectivity index (χ2v) is 7.64. The van der Waals surface area contributed by atoms with Crippen LogP contribution in [0.2, 0.25) is 0 Å². The first-order valence-electron chi connectivity index (χ1n) is 6.61. The van der Waals surface area contributed by atoms with Gasteiger partial charge in [-0.25, -0.2) is 13.6 Å². The van der Waals surface area contributed by atoms with Crippen molar-refractivity contribution in [3.8, 4) is 0 Å². The van der Waals surface area contributed by atoms with E-state index in [1.807, 2.05) is 0 Å². The van der Waals surface area contributed by atoms with Gasteiger partial charge in [-0.2, -0.15) is 0 Å². The zero-order valence-electron chi connectivity index (χ0n) is 11.0. The van der Waals surface area contributed by atoms with Gasteiger partial charge in [0.25, 0.3) is 0 Å². The summed E-state index contributed by atoms with van der Waals surface area (Å²) in [6, 6.07) is 0.188. The van der Waals surface area contributed by atoms with Crippen LogP contribution in [0.4, 0.5) is 0 Å². The Morgan fingerprint density at radius 3 is 2.50 bits per heavy atom. The molecule has 0 aromatic heterocycles. The van der Waals surface area contributed by atoms with Crippen molar-refractivity contribution in [3.05, 3.63) is 0 Å². The molecule has 104 valence electrons. The summed E-state index contributed by atoms with van der Waals surface area (Å²) >= 11 is 0. The highest BCUT2D eigenvalue weighted by Crippen LogP contribution is 2.35. The minimum Gasteiger partial charge on any atom is -0.338 e. The van der Waals surface area contributed by atoms with Crippen molar-refractivity contribution in [2.45, 2.75) is 50.8 Å². The van der Waals surface area contributed by atoms with Gasteiger partial charge in [0.1, 0.15) is 5.25 Å². The van der Waals surface area contributed by atoms with E-state index in [-0.39, 0.29) is 24.9 Å². The average Bonchev–Trinajstić information content (AvgIpc) is 2.64. The number of carbonyl (C=O) groups excluding carboxylic acids is 1. The van der Waals surface area contributed by atoms with Gasteiger partial charge in [-0.15, -0.1) is 0 Å². The Hall–Kier alpha value is -0.620. The van der Waals surface area contributed by atoms with Crippen molar-refractivity contribution in [2.75, 3.05) is 6.54 Å². The van der Waals surface area contributed by atoms with E-state index in [2.05, 4.69) is 13.8 Å². The fraction of sp³-hybridized carbons (Fsp3) is 0.917. The highest BCUT2D eigenvalue weighted by molar-refractivity contribution is 7.89. The number of hydrogen-bond acceptors (Lipinski definition) is 3. The number of nitrogens with two attached hydrogens (primary N) is 1. The summed E-state index contributed by atoms with van der Waals surface area (Å²) in [5.41, 5.74) is 0. The monoisotopic (exact) mass is 274 g/mol. The predicted octanol–water partition coefficient (Wildman–Crippen LogP) is 0.700. The second kappa shape index (κ2) is 4.81. The molecule has 0 bridgehead atoms. The van der Waals surface area contributed by atoms with Crippen LogP contribution >= 0.6 is 0 Å². The van der Waals surface area contributed by atoms with Crippen LogP contribution in [-0.2, 0) is 14.8 Å². The molecule has 5 nitrogen and oxygen atoms in total. The maximum Gasteiger partial charge on any atom is 0.224 e. The average molecular weight is 274 g/mol. The SMILES string of the molecule is CC1CCCC(N2CC(S(N)(=O)=O)CC2=O)C1C. The number of amides is 1. The third-order valence-electron chi connectivity index (χ3n) is 4.65. The number of primary sulfonamides is 1. The maximum atomic E-state index is 12.0. The third kappa shape index (κ3) is 2.54. The molecule has 0 spiro atoms. The Balaban J connectivity index is 2.12. The molecule has 18 heavy (non-hydrogen) atoms. The van der Waals surface area contributed by atoms with Crippen LogP contribution in [0.3, 0.4) is 0 Å². The summed E-state index contributed by atoms with van der Waals surface area (Å²) in [4.78, 5) is 13.7. The van der Waals surface area contributed by atoms with Crippen molar-refractivity contribution in [1.29, 1.82) is 0 Å². The number of likely N-dealkylation sites (tertiary alicyclic amines) is 1. The molecule has 1 aliphatic heterocycles. The van der Waals surface area contributed by atoms with Gasteiger partial charge in [0.05, 0.1) is 0 Å². The Morgan fingerprint density at radius 2 is 1.94 bits per heavy atom. The lowest BCUT2D eigenvalue weighted by molar-refractivity contribution is -0.131. The fourth-order valence-corrected chi connectivity index (χ4v) is 3.98. The molecule has 6 heteroatoms. The van der Waals surface area contributed by atoms with E-state index in [9.17, 15) is 13.2 Å². The number of rotatable bonds is 2. The van der Waals surface area contributed by atoms with E-state index in [0.717, 1.165) is 12.8 Å². The van der Waals surface area contributed by atoms with Gasteiger partial charge >= 0.3 is 0 Å². The molecule has 4 atom stereocenters. The molecule has 1 amide bonds. The summed E-state index contributed by atoms with van der Waals surface area (Å²) in [7, 11) is -3.60. The van der Waals surface area contributed by atoms with E-state index in [1.165, 1.54) is 6.42 Å². The zero-order valence-corrected chi connectivity index (χ0v) is 11.8. The first-order valence-corrected chi connectivity index (χ1v) is 8.22. The van der Waals surface area contributed by atoms with Crippen LogP contribution in [0, 0.1) is 11.8 Å². The van der Waals surface area contributed by atoms with Crippen LogP contribution in [-0.4, -0.2) is 37.1 Å². The first kappa shape index (κ1) is 13.8. The number of carbonyl (C=O) groups is 1. The third-order valence-corrected chi connectivity index (χ3v) is 5.90. The van der Waals surface area contributed by atoms with E-state index in [4.69, 9.17) is 5.14 Å². The van der Waals surface area contributed by atoms with E-state index in [1.54, 1.807) is 4.90 Å². The maximum absolute atomic E-state index is 12.0. The molecule has 1 saturated heterocycles. The number of hydrogen-bond donors (Lipinski definition) is 1. The zero-order chi connectivity index (χ0) is 13.5. The minimum absolute atomic E-state index is 0.0520. The smallest absolute Gasteiger partial charge is 0.224 e. The minimum atomic E-state index is -3.60. The summed E-state index contributed by atoms with van der Waals surface area (Å²) < 4.78 is 22.7. The Morgan fingerprint density at radius 1 is 1.28 bits per heavy atom. The highest BCUT2D eigenvalue weighted by atomic mass is 32.2. The fourth-order valence-electron chi connectivity index (χ4n) is 3.23. The largest absolute Gasteiger partial charge is 0.338 e. The van der Waals surface area contributed by atoms with Gasteiger partial charge in [0, 0.05) is 19.0 Å². The van der Waals surface area contributed by atoms with Crippen molar-refractivity contribution in [1.82, 2.24) is 4.90 Å². The molecule has 2 fully saturated rings. The molecule has 0 radical (unpaired) electrons. The molecule has 2 rings (SSSR count). The Kier molecular flexibility index (Phi) is 3.69. The van der Waals surface area contributed by atoms with Crippen molar-refractivity contribution in [2.24, 2.45) is 17.0 Å². The van der Waals surface area contributed by atoms with Crippen LogP contribution in [0.15, 0.2) is 0 Å². The van der Waals surface area contributed by atoms with Gasteiger partial charge in [-0.1, -0.05) is 26.7 Å². The van der Waals surface area contributed by atoms with E-state index in [0.29, 0.717) is 11.8 Å². The van der Waals surface area contributed by atoms with E-state index < -0.39 is 15.3 Å². The van der Waals surface area contributed by atoms with Gasteiger partial charge in [0.2, 0.25) is 15.9 Å². The molecule has 4 unspecified atom stereocenters. The quantitative estimate of drug-likeness (QED) is 0.805. The molecular formula is C12H22N2O3S. The molecule has 0 aromatic rings. The predicted molar refractivity (Wildman–Crippen MR) is 69.2 cm³/mol. The van der Waals surface area contributed by atoms with E-state index >= 15 is 0 Å². The van der Waals surface area contributed by atoms with Crippen molar-refractivity contribution < 1.29 is 13.2 Å². The molecule has 1 heterocycles. The van der Waals surface area contributed by atoms with Gasteiger partial charge in [-0.05, 0) is 18.3 Å². The summed E-state index contributed by atoms with van der Waals surface area (Å²) in [6.45, 7) is 4.64. The number of nitrogens with zero attached hydrogens (tertiary/aromatic N) is 1. The molecule has 2 aliphatic rings. The van der Waals surface area contributed by atoms with Crippen molar-refractivity contribution >= 4 is 15.9 Å². The standard InChI is InChI=1S/C12H22N2O3S/c1-8-4-3-5-11(9(8)2)14-7-10(6-12(14)15)18(13,16)17/h8-11H,3-7H2,1-2H3,(H2,13,16,17). The Bertz CT molecular complexity index is 435. The van der Waals surface area contributed by atoms with Gasteiger partial charge in [-0.3, -0.25) is 4.79 Å². The molecule has 2 N–H and O–H groups in total. The Labute approximate surface area is 109 Å². The summed E-state index contributed by atoms with van der Waals surface area (Å²) in [5, 5.41) is 4.44. The van der Waals surface area contributed by atoms with Crippen LogP contribution < -0.4 is 5.14 Å². The lowest BCUT2D eigenvalue weighted by Crippen LogP contribution is -2.45. The van der Waals surface area contributed by atoms with Gasteiger partial charge in [0.15, 0.2) is 0 Å². The molecule has 1 saturated carbocycles.